The van der Waals surface area contributed by atoms with Crippen LogP contribution in [0.15, 0.2) is 18.2 Å². The van der Waals surface area contributed by atoms with Gasteiger partial charge in [0, 0.05) is 13.1 Å². The largest absolute Gasteiger partial charge is 0.375 e. The number of hydrogen-bond acceptors (Lipinski definition) is 3. The Morgan fingerprint density at radius 3 is 2.88 bits per heavy atom. The van der Waals surface area contributed by atoms with Crippen molar-refractivity contribution in [2.45, 2.75) is 25.8 Å². The SMILES string of the molecule is Cc1cc(F)ccc1[C@@H]1C(=O)NCCN1C(=O)CCOCC(F)F. The van der Waals surface area contributed by atoms with Crippen molar-refractivity contribution in [2.24, 2.45) is 0 Å². The van der Waals surface area contributed by atoms with Crippen molar-refractivity contribution >= 4 is 11.8 Å². The van der Waals surface area contributed by atoms with Crippen molar-refractivity contribution in [2.75, 3.05) is 26.3 Å². The number of ether oxygens (including phenoxy) is 1. The van der Waals surface area contributed by atoms with Crippen LogP contribution in [0.2, 0.25) is 0 Å². The van der Waals surface area contributed by atoms with E-state index in [0.29, 0.717) is 24.2 Å². The van der Waals surface area contributed by atoms with Crippen molar-refractivity contribution in [3.05, 3.63) is 35.1 Å². The van der Waals surface area contributed by atoms with Gasteiger partial charge in [-0.2, -0.15) is 0 Å². The maximum absolute atomic E-state index is 13.3. The summed E-state index contributed by atoms with van der Waals surface area (Å²) in [5, 5.41) is 2.68. The lowest BCUT2D eigenvalue weighted by Crippen LogP contribution is -2.52. The molecule has 24 heavy (non-hydrogen) atoms. The van der Waals surface area contributed by atoms with Gasteiger partial charge >= 0.3 is 0 Å². The average Bonchev–Trinajstić information content (AvgIpc) is 2.52. The fourth-order valence-electron chi connectivity index (χ4n) is 2.67. The zero-order valence-electron chi connectivity index (χ0n) is 13.2. The van der Waals surface area contributed by atoms with Crippen LogP contribution in [-0.2, 0) is 14.3 Å². The first-order chi connectivity index (χ1) is 11.4. The van der Waals surface area contributed by atoms with Crippen molar-refractivity contribution < 1.29 is 27.5 Å². The molecule has 1 heterocycles. The zero-order valence-corrected chi connectivity index (χ0v) is 13.2. The summed E-state index contributed by atoms with van der Waals surface area (Å²) >= 11 is 0. The number of nitrogens with one attached hydrogen (secondary N) is 1. The number of alkyl halides is 2. The number of carbonyl (C=O) groups excluding carboxylic acids is 2. The van der Waals surface area contributed by atoms with E-state index in [-0.39, 0.29) is 24.8 Å². The van der Waals surface area contributed by atoms with Crippen molar-refractivity contribution in [1.82, 2.24) is 10.2 Å². The summed E-state index contributed by atoms with van der Waals surface area (Å²) in [4.78, 5) is 26.0. The molecule has 8 heteroatoms. The van der Waals surface area contributed by atoms with E-state index in [1.54, 1.807) is 6.92 Å². The number of rotatable bonds is 6. The summed E-state index contributed by atoms with van der Waals surface area (Å²) in [6.07, 6.45) is -2.69. The molecular formula is C16H19F3N2O3. The van der Waals surface area contributed by atoms with Crippen molar-refractivity contribution in [1.29, 1.82) is 0 Å². The van der Waals surface area contributed by atoms with Crippen LogP contribution in [0.3, 0.4) is 0 Å². The van der Waals surface area contributed by atoms with Gasteiger partial charge in [-0.15, -0.1) is 0 Å². The molecule has 2 amide bonds. The molecule has 0 unspecified atom stereocenters. The lowest BCUT2D eigenvalue weighted by molar-refractivity contribution is -0.144. The maximum atomic E-state index is 13.3. The third-order valence-electron chi connectivity index (χ3n) is 3.76. The van der Waals surface area contributed by atoms with E-state index in [1.807, 2.05) is 0 Å². The van der Waals surface area contributed by atoms with Gasteiger partial charge in [0.15, 0.2) is 0 Å². The second kappa shape index (κ2) is 8.14. The number of piperazine rings is 1. The summed E-state index contributed by atoms with van der Waals surface area (Å²) < 4.78 is 42.0. The predicted octanol–water partition coefficient (Wildman–Crippen LogP) is 1.81. The highest BCUT2D eigenvalue weighted by molar-refractivity contribution is 5.90. The molecule has 1 fully saturated rings. The second-order valence-corrected chi connectivity index (χ2v) is 5.50. The van der Waals surface area contributed by atoms with E-state index >= 15 is 0 Å². The molecule has 0 saturated carbocycles. The van der Waals surface area contributed by atoms with Gasteiger partial charge in [0.25, 0.3) is 6.43 Å². The first-order valence-corrected chi connectivity index (χ1v) is 7.59. The number of hydrogen-bond donors (Lipinski definition) is 1. The normalized spacial score (nSPS) is 18.0. The molecule has 5 nitrogen and oxygen atoms in total. The highest BCUT2D eigenvalue weighted by Crippen LogP contribution is 2.27. The molecule has 0 radical (unpaired) electrons. The summed E-state index contributed by atoms with van der Waals surface area (Å²) in [5.41, 5.74) is 1.10. The Bertz CT molecular complexity index is 610. The van der Waals surface area contributed by atoms with Crippen LogP contribution in [0, 0.1) is 12.7 Å². The van der Waals surface area contributed by atoms with Crippen LogP contribution in [0.25, 0.3) is 0 Å². The van der Waals surface area contributed by atoms with Gasteiger partial charge < -0.3 is 15.0 Å². The van der Waals surface area contributed by atoms with Crippen LogP contribution in [-0.4, -0.2) is 49.4 Å². The summed E-state index contributed by atoms with van der Waals surface area (Å²) in [7, 11) is 0. The molecule has 1 saturated heterocycles. The molecule has 0 spiro atoms. The Morgan fingerprint density at radius 2 is 2.21 bits per heavy atom. The minimum absolute atomic E-state index is 0.100. The minimum Gasteiger partial charge on any atom is -0.375 e. The third kappa shape index (κ3) is 4.47. The number of benzene rings is 1. The van der Waals surface area contributed by atoms with Gasteiger partial charge in [0.1, 0.15) is 18.5 Å². The average molecular weight is 344 g/mol. The van der Waals surface area contributed by atoms with E-state index in [9.17, 15) is 22.8 Å². The molecule has 1 N–H and O–H groups in total. The smallest absolute Gasteiger partial charge is 0.261 e. The molecule has 1 aromatic carbocycles. The molecule has 0 aromatic heterocycles. The Balaban J connectivity index is 2.11. The van der Waals surface area contributed by atoms with Crippen LogP contribution in [0.5, 0.6) is 0 Å². The molecule has 1 aliphatic heterocycles. The lowest BCUT2D eigenvalue weighted by Gasteiger charge is -2.36. The Morgan fingerprint density at radius 1 is 1.46 bits per heavy atom. The highest BCUT2D eigenvalue weighted by atomic mass is 19.3. The van der Waals surface area contributed by atoms with Crippen LogP contribution >= 0.6 is 0 Å². The van der Waals surface area contributed by atoms with Crippen molar-refractivity contribution in [3.63, 3.8) is 0 Å². The van der Waals surface area contributed by atoms with Crippen LogP contribution in [0.4, 0.5) is 13.2 Å². The summed E-state index contributed by atoms with van der Waals surface area (Å²) in [5.74, 6) is -1.14. The predicted molar refractivity (Wildman–Crippen MR) is 80.0 cm³/mol. The van der Waals surface area contributed by atoms with E-state index in [2.05, 4.69) is 5.32 Å². The Kier molecular flexibility index (Phi) is 6.19. The summed E-state index contributed by atoms with van der Waals surface area (Å²) in [6, 6.07) is 3.15. The lowest BCUT2D eigenvalue weighted by atomic mass is 9.97. The zero-order chi connectivity index (χ0) is 17.7. The van der Waals surface area contributed by atoms with Gasteiger partial charge in [0.2, 0.25) is 11.8 Å². The number of amides is 2. The number of aryl methyl sites for hydroxylation is 1. The highest BCUT2D eigenvalue weighted by Gasteiger charge is 2.34. The van der Waals surface area contributed by atoms with Gasteiger partial charge in [-0.1, -0.05) is 6.07 Å². The first kappa shape index (κ1) is 18.3. The van der Waals surface area contributed by atoms with Crippen LogP contribution < -0.4 is 5.32 Å². The molecule has 2 rings (SSSR count). The van der Waals surface area contributed by atoms with E-state index in [4.69, 9.17) is 4.74 Å². The van der Waals surface area contributed by atoms with E-state index < -0.39 is 24.9 Å². The minimum atomic E-state index is -2.59. The standard InChI is InChI=1S/C16H19F3N2O3/c1-10-8-11(17)2-3-12(10)15-16(23)20-5-6-21(15)14(22)4-7-24-9-13(18)19/h2-3,8,13,15H,4-7,9H2,1H3,(H,20,23)/t15-/m1/s1. The molecule has 1 aromatic rings. The van der Waals surface area contributed by atoms with Gasteiger partial charge in [0.05, 0.1) is 13.0 Å². The topological polar surface area (TPSA) is 58.6 Å². The molecule has 0 aliphatic carbocycles. The molecule has 132 valence electrons. The fraction of sp³-hybridized carbons (Fsp3) is 0.500. The fourth-order valence-corrected chi connectivity index (χ4v) is 2.67. The van der Waals surface area contributed by atoms with E-state index in [0.717, 1.165) is 0 Å². The molecule has 1 aliphatic rings. The monoisotopic (exact) mass is 344 g/mol. The third-order valence-corrected chi connectivity index (χ3v) is 3.76. The van der Waals surface area contributed by atoms with Crippen LogP contribution in [0.1, 0.15) is 23.6 Å². The summed E-state index contributed by atoms with van der Waals surface area (Å²) in [6.45, 7) is 1.39. The maximum Gasteiger partial charge on any atom is 0.261 e. The van der Waals surface area contributed by atoms with E-state index in [1.165, 1.54) is 23.1 Å². The van der Waals surface area contributed by atoms with Crippen molar-refractivity contribution in [3.8, 4) is 0 Å². The second-order valence-electron chi connectivity index (χ2n) is 5.50. The quantitative estimate of drug-likeness (QED) is 0.801. The Labute approximate surface area is 137 Å². The van der Waals surface area contributed by atoms with Gasteiger partial charge in [-0.05, 0) is 30.2 Å². The number of halogens is 3. The first-order valence-electron chi connectivity index (χ1n) is 7.59. The van der Waals surface area contributed by atoms with Gasteiger partial charge in [-0.25, -0.2) is 13.2 Å². The van der Waals surface area contributed by atoms with Gasteiger partial charge in [-0.3, -0.25) is 9.59 Å². The number of nitrogens with zero attached hydrogens (tertiary/aromatic N) is 1. The molecule has 0 bridgehead atoms. The molecule has 1 atom stereocenters. The number of carbonyl (C=O) groups is 2. The molecular weight excluding hydrogens is 325 g/mol. The Hall–Kier alpha value is -2.09.